The molecule has 24 heavy (non-hydrogen) atoms. The predicted octanol–water partition coefficient (Wildman–Crippen LogP) is 3.21. The van der Waals surface area contributed by atoms with E-state index in [0.717, 1.165) is 0 Å². The van der Waals surface area contributed by atoms with Crippen molar-refractivity contribution in [3.05, 3.63) is 58.1 Å². The third-order valence-electron chi connectivity index (χ3n) is 3.21. The molecular formula is C16H15Cl2N3O3. The van der Waals surface area contributed by atoms with E-state index in [-0.39, 0.29) is 11.7 Å². The van der Waals surface area contributed by atoms with Gasteiger partial charge in [0.05, 0.1) is 12.2 Å². The number of halogens is 2. The lowest BCUT2D eigenvalue weighted by Gasteiger charge is -2.19. The van der Waals surface area contributed by atoms with E-state index in [2.05, 4.69) is 15.3 Å². The Bertz CT molecular complexity index is 741. The first-order chi connectivity index (χ1) is 11.4. The van der Waals surface area contributed by atoms with Crippen molar-refractivity contribution < 1.29 is 14.3 Å². The van der Waals surface area contributed by atoms with E-state index in [1.54, 1.807) is 25.1 Å². The number of carbonyl (C=O) groups is 2. The summed E-state index contributed by atoms with van der Waals surface area (Å²) in [6, 6.07) is 4.63. The van der Waals surface area contributed by atoms with Gasteiger partial charge in [-0.05, 0) is 31.5 Å². The molecule has 0 spiro atoms. The zero-order valence-corrected chi connectivity index (χ0v) is 14.5. The molecule has 0 saturated carbocycles. The second kappa shape index (κ2) is 8.08. The van der Waals surface area contributed by atoms with E-state index >= 15 is 0 Å². The largest absolute Gasteiger partial charge is 0.448 e. The van der Waals surface area contributed by atoms with Gasteiger partial charge in [0, 0.05) is 22.4 Å². The third-order valence-corrected chi connectivity index (χ3v) is 3.78. The molecule has 2 atom stereocenters. The number of hydrogen-bond donors (Lipinski definition) is 1. The van der Waals surface area contributed by atoms with Crippen LogP contribution in [0.3, 0.4) is 0 Å². The summed E-state index contributed by atoms with van der Waals surface area (Å²) in [5, 5.41) is 3.69. The summed E-state index contributed by atoms with van der Waals surface area (Å²) < 4.78 is 5.08. The summed E-state index contributed by atoms with van der Waals surface area (Å²) in [6.07, 6.45) is 3.08. The van der Waals surface area contributed by atoms with E-state index in [0.29, 0.717) is 15.6 Å². The molecule has 0 aliphatic heterocycles. The van der Waals surface area contributed by atoms with Gasteiger partial charge in [-0.2, -0.15) is 0 Å². The minimum absolute atomic E-state index is 0.0333. The highest BCUT2D eigenvalue weighted by Crippen LogP contribution is 2.26. The van der Waals surface area contributed by atoms with Gasteiger partial charge in [-0.15, -0.1) is 0 Å². The van der Waals surface area contributed by atoms with Crippen molar-refractivity contribution in [3.63, 3.8) is 0 Å². The molecule has 8 heteroatoms. The molecule has 0 saturated heterocycles. The van der Waals surface area contributed by atoms with Crippen molar-refractivity contribution in [2.24, 2.45) is 0 Å². The summed E-state index contributed by atoms with van der Waals surface area (Å²) in [6.45, 7) is 3.24. The van der Waals surface area contributed by atoms with Crippen LogP contribution in [0.25, 0.3) is 0 Å². The fourth-order valence-electron chi connectivity index (χ4n) is 1.94. The number of ether oxygens (including phenoxy) is 1. The smallest absolute Gasteiger partial charge is 0.359 e. The normalized spacial score (nSPS) is 13.0. The quantitative estimate of drug-likeness (QED) is 0.820. The summed E-state index contributed by atoms with van der Waals surface area (Å²) >= 11 is 12.0. The summed E-state index contributed by atoms with van der Waals surface area (Å²) in [7, 11) is 0. The number of esters is 1. The maximum Gasteiger partial charge on any atom is 0.359 e. The van der Waals surface area contributed by atoms with Crippen molar-refractivity contribution in [3.8, 4) is 0 Å². The van der Waals surface area contributed by atoms with Gasteiger partial charge in [0.15, 0.2) is 11.8 Å². The SMILES string of the molecule is C[C@H](OC(=O)c1cnccn1)C(=O)N[C@H](C)c1ccc(Cl)cc1Cl. The van der Waals surface area contributed by atoms with Crippen molar-refractivity contribution in [2.75, 3.05) is 0 Å². The molecule has 1 heterocycles. The van der Waals surface area contributed by atoms with E-state index in [1.807, 2.05) is 0 Å². The number of aromatic nitrogens is 2. The monoisotopic (exact) mass is 367 g/mol. The van der Waals surface area contributed by atoms with Crippen LogP contribution in [0.15, 0.2) is 36.8 Å². The number of hydrogen-bond acceptors (Lipinski definition) is 5. The Balaban J connectivity index is 1.97. The Labute approximate surface area is 149 Å². The number of nitrogens with one attached hydrogen (secondary N) is 1. The lowest BCUT2D eigenvalue weighted by atomic mass is 10.1. The molecule has 1 aromatic carbocycles. The Morgan fingerprint density at radius 1 is 1.21 bits per heavy atom. The average Bonchev–Trinajstić information content (AvgIpc) is 2.55. The van der Waals surface area contributed by atoms with Crippen molar-refractivity contribution in [1.29, 1.82) is 0 Å². The summed E-state index contributed by atoms with van der Waals surface area (Å²) in [5.74, 6) is -1.17. The third kappa shape index (κ3) is 4.66. The van der Waals surface area contributed by atoms with Gasteiger partial charge in [0.2, 0.25) is 0 Å². The fraction of sp³-hybridized carbons (Fsp3) is 0.250. The van der Waals surface area contributed by atoms with E-state index < -0.39 is 18.0 Å². The maximum absolute atomic E-state index is 12.2. The first-order valence-corrected chi connectivity index (χ1v) is 7.86. The van der Waals surface area contributed by atoms with Crippen LogP contribution in [0.4, 0.5) is 0 Å². The molecule has 0 bridgehead atoms. The molecule has 1 amide bonds. The van der Waals surface area contributed by atoms with Crippen molar-refractivity contribution in [2.45, 2.75) is 26.0 Å². The molecule has 0 aliphatic rings. The summed E-state index contributed by atoms with van der Waals surface area (Å²) in [5.41, 5.74) is 0.743. The standard InChI is InChI=1S/C16H15Cl2N3O3/c1-9(12-4-3-11(17)7-13(12)18)21-15(22)10(2)24-16(23)14-8-19-5-6-20-14/h3-10H,1-2H3,(H,21,22)/t9-,10+/m1/s1. The van der Waals surface area contributed by atoms with Gasteiger partial charge in [-0.1, -0.05) is 29.3 Å². The number of rotatable bonds is 5. The molecule has 2 aromatic rings. The molecule has 126 valence electrons. The zero-order chi connectivity index (χ0) is 17.7. The van der Waals surface area contributed by atoms with Crippen LogP contribution in [-0.2, 0) is 9.53 Å². The van der Waals surface area contributed by atoms with Crippen LogP contribution >= 0.6 is 23.2 Å². The van der Waals surface area contributed by atoms with Crippen LogP contribution in [-0.4, -0.2) is 27.9 Å². The average molecular weight is 368 g/mol. The molecule has 0 radical (unpaired) electrons. The summed E-state index contributed by atoms with van der Waals surface area (Å²) in [4.78, 5) is 31.6. The molecule has 1 N–H and O–H groups in total. The van der Waals surface area contributed by atoms with Gasteiger partial charge in [0.25, 0.3) is 5.91 Å². The Hall–Kier alpha value is -2.18. The van der Waals surface area contributed by atoms with Gasteiger partial charge in [-0.3, -0.25) is 9.78 Å². The van der Waals surface area contributed by atoms with Gasteiger partial charge < -0.3 is 10.1 Å². The second-order valence-electron chi connectivity index (χ2n) is 5.03. The highest BCUT2D eigenvalue weighted by molar-refractivity contribution is 6.35. The molecular weight excluding hydrogens is 353 g/mol. The fourth-order valence-corrected chi connectivity index (χ4v) is 2.51. The number of benzene rings is 1. The second-order valence-corrected chi connectivity index (χ2v) is 5.88. The minimum atomic E-state index is -0.993. The first-order valence-electron chi connectivity index (χ1n) is 7.11. The van der Waals surface area contributed by atoms with Crippen LogP contribution in [0.1, 0.15) is 35.9 Å². The maximum atomic E-state index is 12.2. The van der Waals surface area contributed by atoms with Crippen molar-refractivity contribution in [1.82, 2.24) is 15.3 Å². The molecule has 1 aromatic heterocycles. The minimum Gasteiger partial charge on any atom is -0.448 e. The number of amides is 1. The molecule has 2 rings (SSSR count). The lowest BCUT2D eigenvalue weighted by molar-refractivity contribution is -0.129. The van der Waals surface area contributed by atoms with E-state index in [1.165, 1.54) is 25.5 Å². The van der Waals surface area contributed by atoms with Gasteiger partial charge in [-0.25, -0.2) is 9.78 Å². The molecule has 0 aliphatic carbocycles. The zero-order valence-electron chi connectivity index (χ0n) is 13.0. The molecule has 6 nitrogen and oxygen atoms in total. The van der Waals surface area contributed by atoms with Crippen LogP contribution in [0.5, 0.6) is 0 Å². The van der Waals surface area contributed by atoms with Crippen molar-refractivity contribution >= 4 is 35.1 Å². The van der Waals surface area contributed by atoms with E-state index in [4.69, 9.17) is 27.9 Å². The lowest BCUT2D eigenvalue weighted by Crippen LogP contribution is -2.37. The van der Waals surface area contributed by atoms with Crippen LogP contribution in [0.2, 0.25) is 10.0 Å². The van der Waals surface area contributed by atoms with Gasteiger partial charge >= 0.3 is 5.97 Å². The van der Waals surface area contributed by atoms with Crippen LogP contribution in [0, 0.1) is 0 Å². The van der Waals surface area contributed by atoms with Crippen LogP contribution < -0.4 is 5.32 Å². The highest BCUT2D eigenvalue weighted by Gasteiger charge is 2.22. The van der Waals surface area contributed by atoms with E-state index in [9.17, 15) is 9.59 Å². The Kier molecular flexibility index (Phi) is 6.11. The number of nitrogens with zero attached hydrogens (tertiary/aromatic N) is 2. The Morgan fingerprint density at radius 2 is 1.96 bits per heavy atom. The Morgan fingerprint density at radius 3 is 2.58 bits per heavy atom. The molecule has 0 unspecified atom stereocenters. The predicted molar refractivity (Wildman–Crippen MR) is 89.9 cm³/mol. The first kappa shape index (κ1) is 18.2. The topological polar surface area (TPSA) is 81.2 Å². The molecule has 0 fully saturated rings. The number of carbonyl (C=O) groups excluding carboxylic acids is 2. The highest BCUT2D eigenvalue weighted by atomic mass is 35.5. The van der Waals surface area contributed by atoms with Gasteiger partial charge in [0.1, 0.15) is 0 Å².